The number of anilines is 2. The van der Waals surface area contributed by atoms with Crippen molar-refractivity contribution in [3.05, 3.63) is 33.3 Å². The predicted octanol–water partition coefficient (Wildman–Crippen LogP) is 3.30. The van der Waals surface area contributed by atoms with Gasteiger partial charge in [-0.1, -0.05) is 6.92 Å². The lowest BCUT2D eigenvalue weighted by Crippen LogP contribution is -2.09. The maximum atomic E-state index is 5.94. The quantitative estimate of drug-likeness (QED) is 0.879. The molecule has 19 heavy (non-hydrogen) atoms. The third kappa shape index (κ3) is 3.23. The number of thiophene rings is 1. The van der Waals surface area contributed by atoms with Gasteiger partial charge >= 0.3 is 0 Å². The van der Waals surface area contributed by atoms with E-state index in [1.54, 1.807) is 11.3 Å². The molecule has 0 aliphatic heterocycles. The maximum Gasteiger partial charge on any atom is 0.135 e. The van der Waals surface area contributed by atoms with Crippen LogP contribution in [0.25, 0.3) is 0 Å². The van der Waals surface area contributed by atoms with Gasteiger partial charge in [-0.15, -0.1) is 11.3 Å². The van der Waals surface area contributed by atoms with Gasteiger partial charge in [0.2, 0.25) is 0 Å². The Balaban J connectivity index is 2.17. The number of hydrogen-bond acceptors (Lipinski definition) is 5. The Hall–Kier alpha value is -1.62. The van der Waals surface area contributed by atoms with Gasteiger partial charge in [0.15, 0.2) is 0 Å². The van der Waals surface area contributed by atoms with Crippen LogP contribution in [0.3, 0.4) is 0 Å². The molecule has 0 radical (unpaired) electrons. The van der Waals surface area contributed by atoms with E-state index in [4.69, 9.17) is 5.73 Å². The molecule has 0 saturated carbocycles. The molecule has 5 heteroatoms. The van der Waals surface area contributed by atoms with Gasteiger partial charge in [0, 0.05) is 16.9 Å². The molecule has 0 saturated heterocycles. The third-order valence-corrected chi connectivity index (χ3v) is 4.11. The molecule has 0 aromatic carbocycles. The van der Waals surface area contributed by atoms with Crippen molar-refractivity contribution >= 4 is 23.0 Å². The zero-order valence-electron chi connectivity index (χ0n) is 11.7. The Morgan fingerprint density at radius 2 is 2.11 bits per heavy atom. The van der Waals surface area contributed by atoms with Crippen molar-refractivity contribution in [2.45, 2.75) is 40.2 Å². The first-order valence-corrected chi connectivity index (χ1v) is 7.39. The molecule has 0 amide bonds. The van der Waals surface area contributed by atoms with E-state index in [-0.39, 0.29) is 0 Å². The van der Waals surface area contributed by atoms with Crippen molar-refractivity contribution in [2.24, 2.45) is 0 Å². The minimum Gasteiger partial charge on any atom is -0.383 e. The number of nitrogens with zero attached hydrogens (tertiary/aromatic N) is 2. The number of aromatic nitrogens is 2. The zero-order valence-corrected chi connectivity index (χ0v) is 12.5. The van der Waals surface area contributed by atoms with Crippen LogP contribution in [0.2, 0.25) is 0 Å². The molecule has 0 aliphatic carbocycles. The molecule has 0 bridgehead atoms. The Kier molecular flexibility index (Phi) is 4.37. The molecular formula is C14H20N4S. The summed E-state index contributed by atoms with van der Waals surface area (Å²) < 4.78 is 0. The van der Waals surface area contributed by atoms with Crippen molar-refractivity contribution in [3.63, 3.8) is 0 Å². The van der Waals surface area contributed by atoms with E-state index in [1.807, 2.05) is 6.92 Å². The fourth-order valence-corrected chi connectivity index (χ4v) is 2.68. The van der Waals surface area contributed by atoms with Crippen LogP contribution < -0.4 is 11.1 Å². The van der Waals surface area contributed by atoms with Crippen LogP contribution in [0.15, 0.2) is 11.4 Å². The molecule has 2 rings (SSSR count). The first kappa shape index (κ1) is 13.8. The molecule has 3 N–H and O–H groups in total. The van der Waals surface area contributed by atoms with Crippen molar-refractivity contribution in [1.82, 2.24) is 9.97 Å². The summed E-state index contributed by atoms with van der Waals surface area (Å²) in [4.78, 5) is 10.2. The summed E-state index contributed by atoms with van der Waals surface area (Å²) in [5, 5.41) is 5.48. The van der Waals surface area contributed by atoms with Crippen molar-refractivity contribution in [3.8, 4) is 0 Å². The van der Waals surface area contributed by atoms with Crippen molar-refractivity contribution < 1.29 is 0 Å². The summed E-state index contributed by atoms with van der Waals surface area (Å²) in [6.07, 6.45) is 1.88. The molecule has 0 fully saturated rings. The topological polar surface area (TPSA) is 63.8 Å². The first-order valence-electron chi connectivity index (χ1n) is 6.51. The summed E-state index contributed by atoms with van der Waals surface area (Å²) in [6, 6.07) is 2.13. The van der Waals surface area contributed by atoms with E-state index in [2.05, 4.69) is 40.6 Å². The number of aryl methyl sites for hydroxylation is 2. The van der Waals surface area contributed by atoms with Crippen LogP contribution in [0.1, 0.15) is 35.2 Å². The predicted molar refractivity (Wildman–Crippen MR) is 81.6 cm³/mol. The Labute approximate surface area is 118 Å². The summed E-state index contributed by atoms with van der Waals surface area (Å²) in [5.74, 6) is 2.24. The standard InChI is InChI=1S/C14H20N4S/c1-4-5-12-17-13(15)10(3)14(18-12)16-8-11-9(2)6-7-19-11/h6-7H,4-5,8H2,1-3H3,(H3,15,16,17,18). The highest BCUT2D eigenvalue weighted by atomic mass is 32.1. The van der Waals surface area contributed by atoms with Crippen molar-refractivity contribution in [1.29, 1.82) is 0 Å². The van der Waals surface area contributed by atoms with Crippen LogP contribution >= 0.6 is 11.3 Å². The highest BCUT2D eigenvalue weighted by molar-refractivity contribution is 7.10. The van der Waals surface area contributed by atoms with Crippen LogP contribution in [0.4, 0.5) is 11.6 Å². The van der Waals surface area contributed by atoms with Gasteiger partial charge in [0.05, 0.1) is 6.54 Å². The number of rotatable bonds is 5. The highest BCUT2D eigenvalue weighted by Crippen LogP contribution is 2.21. The van der Waals surface area contributed by atoms with Crippen LogP contribution in [0.5, 0.6) is 0 Å². The lowest BCUT2D eigenvalue weighted by Gasteiger charge is -2.11. The fraction of sp³-hybridized carbons (Fsp3) is 0.429. The van der Waals surface area contributed by atoms with E-state index in [0.29, 0.717) is 5.82 Å². The summed E-state index contributed by atoms with van der Waals surface area (Å²) in [7, 11) is 0. The normalized spacial score (nSPS) is 10.7. The summed E-state index contributed by atoms with van der Waals surface area (Å²) in [6.45, 7) is 6.97. The average molecular weight is 276 g/mol. The van der Waals surface area contributed by atoms with E-state index < -0.39 is 0 Å². The molecule has 2 heterocycles. The lowest BCUT2D eigenvalue weighted by molar-refractivity contribution is 0.833. The van der Waals surface area contributed by atoms with Gasteiger partial charge in [-0.3, -0.25) is 0 Å². The van der Waals surface area contributed by atoms with Crippen LogP contribution in [0, 0.1) is 13.8 Å². The molecule has 0 spiro atoms. The molecule has 102 valence electrons. The summed E-state index contributed by atoms with van der Waals surface area (Å²) >= 11 is 1.76. The van der Waals surface area contributed by atoms with Gasteiger partial charge in [-0.2, -0.15) is 0 Å². The fourth-order valence-electron chi connectivity index (χ4n) is 1.84. The largest absolute Gasteiger partial charge is 0.383 e. The van der Waals surface area contributed by atoms with Gasteiger partial charge in [0.25, 0.3) is 0 Å². The molecule has 2 aromatic heterocycles. The highest BCUT2D eigenvalue weighted by Gasteiger charge is 2.09. The van der Waals surface area contributed by atoms with Gasteiger partial charge in [-0.05, 0) is 37.3 Å². The number of nitrogen functional groups attached to an aromatic ring is 1. The van der Waals surface area contributed by atoms with Crippen LogP contribution in [-0.2, 0) is 13.0 Å². The van der Waals surface area contributed by atoms with E-state index in [0.717, 1.165) is 36.6 Å². The number of hydrogen-bond donors (Lipinski definition) is 2. The minimum absolute atomic E-state index is 0.573. The monoisotopic (exact) mass is 276 g/mol. The second kappa shape index (κ2) is 6.02. The first-order chi connectivity index (χ1) is 9.11. The van der Waals surface area contributed by atoms with E-state index >= 15 is 0 Å². The SMILES string of the molecule is CCCc1nc(N)c(C)c(NCc2sccc2C)n1. The van der Waals surface area contributed by atoms with E-state index in [9.17, 15) is 0 Å². The van der Waals surface area contributed by atoms with Crippen LogP contribution in [-0.4, -0.2) is 9.97 Å². The van der Waals surface area contributed by atoms with E-state index in [1.165, 1.54) is 10.4 Å². The molecule has 4 nitrogen and oxygen atoms in total. The third-order valence-electron chi connectivity index (χ3n) is 3.09. The molecular weight excluding hydrogens is 256 g/mol. The second-order valence-corrected chi connectivity index (χ2v) is 5.63. The number of nitrogens with one attached hydrogen (secondary N) is 1. The average Bonchev–Trinajstić information content (AvgIpc) is 2.78. The number of nitrogens with two attached hydrogens (primary N) is 1. The molecule has 0 unspecified atom stereocenters. The van der Waals surface area contributed by atoms with Gasteiger partial charge in [-0.25, -0.2) is 9.97 Å². The summed E-state index contributed by atoms with van der Waals surface area (Å²) in [5.41, 5.74) is 8.18. The van der Waals surface area contributed by atoms with Crippen molar-refractivity contribution in [2.75, 3.05) is 11.1 Å². The maximum absolute atomic E-state index is 5.94. The second-order valence-electron chi connectivity index (χ2n) is 4.63. The molecule has 2 aromatic rings. The molecule has 0 aliphatic rings. The Morgan fingerprint density at radius 3 is 2.74 bits per heavy atom. The lowest BCUT2D eigenvalue weighted by atomic mass is 10.2. The Bertz CT molecular complexity index is 563. The zero-order chi connectivity index (χ0) is 13.8. The van der Waals surface area contributed by atoms with Gasteiger partial charge in [0.1, 0.15) is 17.5 Å². The smallest absolute Gasteiger partial charge is 0.135 e. The Morgan fingerprint density at radius 1 is 1.32 bits per heavy atom. The molecule has 0 atom stereocenters. The minimum atomic E-state index is 0.573. The van der Waals surface area contributed by atoms with Gasteiger partial charge < -0.3 is 11.1 Å².